The first-order chi connectivity index (χ1) is 14.5. The maximum atomic E-state index is 13.1. The van der Waals surface area contributed by atoms with Crippen LogP contribution in [0.1, 0.15) is 30.5 Å². The van der Waals surface area contributed by atoms with Gasteiger partial charge in [0.05, 0.1) is 12.5 Å². The third kappa shape index (κ3) is 4.48. The van der Waals surface area contributed by atoms with E-state index in [2.05, 4.69) is 15.5 Å². The summed E-state index contributed by atoms with van der Waals surface area (Å²) in [6.07, 6.45) is 1.95. The molecule has 1 aliphatic rings. The van der Waals surface area contributed by atoms with Crippen LogP contribution in [0.5, 0.6) is 0 Å². The molecule has 1 amide bonds. The molecule has 0 unspecified atom stereocenters. The van der Waals surface area contributed by atoms with Crippen LogP contribution in [0.3, 0.4) is 0 Å². The van der Waals surface area contributed by atoms with Crippen molar-refractivity contribution in [1.29, 1.82) is 0 Å². The summed E-state index contributed by atoms with van der Waals surface area (Å²) in [5, 5.41) is 10.5. The summed E-state index contributed by atoms with van der Waals surface area (Å²) in [4.78, 5) is 17.9. The number of hydrogen-bond donors (Lipinski definition) is 1. The van der Waals surface area contributed by atoms with E-state index < -0.39 is 10.0 Å². The quantitative estimate of drug-likeness (QED) is 0.573. The van der Waals surface area contributed by atoms with Gasteiger partial charge in [-0.3, -0.25) is 4.79 Å². The highest BCUT2D eigenvalue weighted by Crippen LogP contribution is 2.31. The zero-order valence-electron chi connectivity index (χ0n) is 16.4. The average molecular weight is 467 g/mol. The van der Waals surface area contributed by atoms with E-state index in [9.17, 15) is 13.2 Å². The monoisotopic (exact) mass is 466 g/mol. The summed E-state index contributed by atoms with van der Waals surface area (Å²) in [6.45, 7) is 2.98. The van der Waals surface area contributed by atoms with Crippen LogP contribution >= 0.6 is 22.7 Å². The maximum absolute atomic E-state index is 13.1. The number of carbonyl (C=O) groups excluding carboxylic acids is 1. The Hall–Kier alpha value is -2.08. The van der Waals surface area contributed by atoms with Crippen LogP contribution in [-0.4, -0.2) is 41.9 Å². The van der Waals surface area contributed by atoms with Gasteiger partial charge in [0.1, 0.15) is 4.21 Å². The molecule has 160 valence electrons. The van der Waals surface area contributed by atoms with Crippen molar-refractivity contribution in [3.63, 3.8) is 0 Å². The molecule has 30 heavy (non-hydrogen) atoms. The molecule has 4 rings (SSSR count). The molecule has 8 nitrogen and oxygen atoms in total. The molecule has 4 heterocycles. The maximum Gasteiger partial charge on any atom is 0.252 e. The lowest BCUT2D eigenvalue weighted by Crippen LogP contribution is -2.45. The highest BCUT2D eigenvalue weighted by atomic mass is 32.2. The molecule has 3 aromatic rings. The van der Waals surface area contributed by atoms with Crippen LogP contribution in [0.25, 0.3) is 11.4 Å². The zero-order chi connectivity index (χ0) is 21.1. The van der Waals surface area contributed by atoms with Crippen LogP contribution in [0.15, 0.2) is 37.7 Å². The number of rotatable bonds is 7. The SMILES string of the molecule is CCc1nc(-c2csc(S(=O)(=O)N3CCC[C@H](C(=O)NCc4cccs4)C3)c2)no1. The Balaban J connectivity index is 1.44. The first-order valence-electron chi connectivity index (χ1n) is 9.69. The molecule has 0 saturated carbocycles. The third-order valence-electron chi connectivity index (χ3n) is 4.97. The molecule has 0 aromatic carbocycles. The first-order valence-corrected chi connectivity index (χ1v) is 12.9. The van der Waals surface area contributed by atoms with Crippen LogP contribution < -0.4 is 5.32 Å². The number of nitrogens with one attached hydrogen (secondary N) is 1. The van der Waals surface area contributed by atoms with E-state index in [1.54, 1.807) is 22.8 Å². The number of piperidine rings is 1. The fourth-order valence-electron chi connectivity index (χ4n) is 3.32. The fraction of sp³-hybridized carbons (Fsp3) is 0.421. The normalized spacial score (nSPS) is 17.8. The molecular weight excluding hydrogens is 444 g/mol. The molecule has 1 saturated heterocycles. The summed E-state index contributed by atoms with van der Waals surface area (Å²) < 4.78 is 33.0. The zero-order valence-corrected chi connectivity index (χ0v) is 18.9. The number of hydrogen-bond acceptors (Lipinski definition) is 8. The second-order valence-electron chi connectivity index (χ2n) is 7.02. The summed E-state index contributed by atoms with van der Waals surface area (Å²) in [6, 6.07) is 5.48. The fourth-order valence-corrected chi connectivity index (χ4v) is 6.80. The van der Waals surface area contributed by atoms with Gasteiger partial charge in [0.2, 0.25) is 17.6 Å². The Kier molecular flexibility index (Phi) is 6.32. The van der Waals surface area contributed by atoms with Crippen LogP contribution in [0.2, 0.25) is 0 Å². The molecule has 0 bridgehead atoms. The minimum atomic E-state index is -3.68. The van der Waals surface area contributed by atoms with Crippen molar-refractivity contribution in [3.8, 4) is 11.4 Å². The molecule has 0 radical (unpaired) electrons. The smallest absolute Gasteiger partial charge is 0.252 e. The van der Waals surface area contributed by atoms with Gasteiger partial charge in [0.15, 0.2) is 0 Å². The number of amides is 1. The van der Waals surface area contributed by atoms with E-state index in [0.29, 0.717) is 49.6 Å². The summed E-state index contributed by atoms with van der Waals surface area (Å²) in [5.74, 6) is 0.438. The molecule has 1 fully saturated rings. The van der Waals surface area contributed by atoms with Crippen molar-refractivity contribution in [3.05, 3.63) is 39.7 Å². The van der Waals surface area contributed by atoms with E-state index in [4.69, 9.17) is 4.52 Å². The van der Waals surface area contributed by atoms with Crippen molar-refractivity contribution in [2.24, 2.45) is 5.92 Å². The van der Waals surface area contributed by atoms with Gasteiger partial charge in [-0.05, 0) is 30.4 Å². The van der Waals surface area contributed by atoms with Crippen LogP contribution in [0.4, 0.5) is 0 Å². The highest BCUT2D eigenvalue weighted by Gasteiger charge is 2.34. The molecule has 3 aromatic heterocycles. The predicted molar refractivity (Wildman–Crippen MR) is 115 cm³/mol. The summed E-state index contributed by atoms with van der Waals surface area (Å²) in [7, 11) is -3.68. The van der Waals surface area contributed by atoms with Crippen molar-refractivity contribution in [2.75, 3.05) is 13.1 Å². The van der Waals surface area contributed by atoms with Gasteiger partial charge in [0.25, 0.3) is 10.0 Å². The van der Waals surface area contributed by atoms with Gasteiger partial charge in [-0.15, -0.1) is 22.7 Å². The van der Waals surface area contributed by atoms with E-state index in [1.807, 2.05) is 24.4 Å². The average Bonchev–Trinajstić information content (AvgIpc) is 3.53. The second kappa shape index (κ2) is 8.96. The first kappa shape index (κ1) is 21.2. The Morgan fingerprint density at radius 3 is 3.00 bits per heavy atom. The van der Waals surface area contributed by atoms with E-state index in [-0.39, 0.29) is 22.6 Å². The van der Waals surface area contributed by atoms with E-state index in [1.165, 1.54) is 4.31 Å². The Morgan fingerprint density at radius 1 is 1.40 bits per heavy atom. The number of aryl methyl sites for hydroxylation is 1. The minimum absolute atomic E-state index is 0.103. The van der Waals surface area contributed by atoms with Crippen molar-refractivity contribution in [2.45, 2.75) is 36.9 Å². The topological polar surface area (TPSA) is 105 Å². The predicted octanol–water partition coefficient (Wildman–Crippen LogP) is 3.14. The number of carbonyl (C=O) groups is 1. The lowest BCUT2D eigenvalue weighted by Gasteiger charge is -2.30. The lowest BCUT2D eigenvalue weighted by atomic mass is 9.99. The molecule has 11 heteroatoms. The molecule has 0 aliphatic carbocycles. The Morgan fingerprint density at radius 2 is 2.27 bits per heavy atom. The second-order valence-corrected chi connectivity index (χ2v) is 11.1. The number of nitrogens with zero attached hydrogens (tertiary/aromatic N) is 3. The van der Waals surface area contributed by atoms with Gasteiger partial charge in [0, 0.05) is 35.3 Å². The van der Waals surface area contributed by atoms with E-state index >= 15 is 0 Å². The van der Waals surface area contributed by atoms with Gasteiger partial charge in [-0.1, -0.05) is 18.1 Å². The largest absolute Gasteiger partial charge is 0.351 e. The summed E-state index contributed by atoms with van der Waals surface area (Å²) >= 11 is 2.71. The number of sulfonamides is 1. The Labute approximate surface area is 183 Å². The highest BCUT2D eigenvalue weighted by molar-refractivity contribution is 7.91. The Bertz CT molecular complexity index is 1100. The molecular formula is C19H22N4O4S3. The molecule has 1 aliphatic heterocycles. The van der Waals surface area contributed by atoms with Crippen molar-refractivity contribution >= 4 is 38.6 Å². The van der Waals surface area contributed by atoms with E-state index in [0.717, 1.165) is 16.2 Å². The van der Waals surface area contributed by atoms with Crippen LogP contribution in [0, 0.1) is 5.92 Å². The standard InChI is InChI=1S/C19H22N4O4S3/c1-2-16-21-18(22-27-16)14-9-17(29-12-14)30(25,26)23-7-3-5-13(11-23)19(24)20-10-15-6-4-8-28-15/h4,6,8-9,12-13H,2-3,5,7,10-11H2,1H3,(H,20,24)/t13-/m0/s1. The van der Waals surface area contributed by atoms with Crippen molar-refractivity contribution in [1.82, 2.24) is 19.8 Å². The van der Waals surface area contributed by atoms with Crippen LogP contribution in [-0.2, 0) is 27.8 Å². The summed E-state index contributed by atoms with van der Waals surface area (Å²) in [5.41, 5.74) is 0.615. The van der Waals surface area contributed by atoms with Gasteiger partial charge in [-0.25, -0.2) is 8.42 Å². The number of thiophene rings is 2. The molecule has 1 N–H and O–H groups in total. The molecule has 0 spiro atoms. The third-order valence-corrected chi connectivity index (χ3v) is 9.13. The van der Waals surface area contributed by atoms with Gasteiger partial charge in [-0.2, -0.15) is 9.29 Å². The van der Waals surface area contributed by atoms with Crippen molar-refractivity contribution < 1.29 is 17.7 Å². The van der Waals surface area contributed by atoms with Gasteiger partial charge >= 0.3 is 0 Å². The number of aromatic nitrogens is 2. The lowest BCUT2D eigenvalue weighted by molar-refractivity contribution is -0.126. The van der Waals surface area contributed by atoms with Gasteiger partial charge < -0.3 is 9.84 Å². The molecule has 1 atom stereocenters. The minimum Gasteiger partial charge on any atom is -0.351 e.